The Morgan fingerprint density at radius 2 is 0.793 bits per heavy atom. The maximum atomic E-state index is 5.48. The molecule has 4 heterocycles. The minimum atomic E-state index is -0.366. The van der Waals surface area contributed by atoms with Crippen LogP contribution in [-0.4, -0.2) is 24.1 Å². The van der Waals surface area contributed by atoms with Crippen LogP contribution in [0.1, 0.15) is 43.0 Å². The standard InChI is InChI=1S/C74H55N5.C7H8.C6H6/c1-5-6-10-39-66-49(3)74(4,58-32-15-9-16-33-58)64-37-22-36-61-63-47-57(41-43-68(63)79(66)70(61)64)73-76-71(55-31-20-30-54(45-55)53-29-19-28-52(44-53)50-24-11-7-12-25-50)75-72(77-73)56-40-42-67-62(46-56)60-35-21-34-59(51-26-13-8-14-27-51)69(60)78(67)65-38-18-17-23-48(65)2;1-7-5-3-2-4-6-7;1-2-4-6-5-3-1/h5-47H,1-4H3;2-6H,1H3;1-6H/b6-5-,39-10-;;. The number of hydrogen-bond acceptors (Lipinski definition) is 3. The first-order chi connectivity index (χ1) is 45.2. The van der Waals surface area contributed by atoms with Crippen LogP contribution < -0.4 is 0 Å². The number of hydrogen-bond donors (Lipinski definition) is 0. The molecule has 92 heavy (non-hydrogen) atoms. The second-order valence-electron chi connectivity index (χ2n) is 23.7. The van der Waals surface area contributed by atoms with Gasteiger partial charge in [0.25, 0.3) is 0 Å². The minimum Gasteiger partial charge on any atom is -0.309 e. The van der Waals surface area contributed by atoms with Crippen molar-refractivity contribution in [1.82, 2.24) is 24.1 Å². The number of aryl methyl sites for hydroxylation is 2. The molecule has 0 aliphatic carbocycles. The summed E-state index contributed by atoms with van der Waals surface area (Å²) >= 11 is 0. The van der Waals surface area contributed by atoms with Crippen molar-refractivity contribution in [3.63, 3.8) is 0 Å². The van der Waals surface area contributed by atoms with Crippen LogP contribution in [-0.2, 0) is 5.41 Å². The predicted octanol–water partition coefficient (Wildman–Crippen LogP) is 22.8. The Balaban J connectivity index is 0.000000506. The van der Waals surface area contributed by atoms with E-state index in [0.29, 0.717) is 17.5 Å². The first-order valence-corrected chi connectivity index (χ1v) is 31.6. The van der Waals surface area contributed by atoms with Gasteiger partial charge in [0.05, 0.1) is 22.1 Å². The van der Waals surface area contributed by atoms with Gasteiger partial charge in [-0.2, -0.15) is 0 Å². The number of fused-ring (bicyclic) bond motifs is 6. The Bertz CT molecular complexity index is 5220. The van der Waals surface area contributed by atoms with Crippen molar-refractivity contribution in [3.05, 3.63) is 355 Å². The molecule has 0 bridgehead atoms. The van der Waals surface area contributed by atoms with Crippen molar-refractivity contribution in [2.24, 2.45) is 0 Å². The quantitative estimate of drug-likeness (QED) is 0.128. The molecule has 5 heteroatoms. The summed E-state index contributed by atoms with van der Waals surface area (Å²) < 4.78 is 4.90. The van der Waals surface area contributed by atoms with Crippen LogP contribution in [0.25, 0.3) is 123 Å². The van der Waals surface area contributed by atoms with Crippen molar-refractivity contribution in [2.45, 2.75) is 40.0 Å². The number of nitrogens with zero attached hydrogens (tertiary/aromatic N) is 5. The Morgan fingerprint density at radius 3 is 1.36 bits per heavy atom. The van der Waals surface area contributed by atoms with Crippen LogP contribution in [0, 0.1) is 13.8 Å². The molecule has 15 aromatic rings. The van der Waals surface area contributed by atoms with E-state index in [0.717, 1.165) is 66.2 Å². The van der Waals surface area contributed by atoms with E-state index in [4.69, 9.17) is 15.0 Å². The summed E-state index contributed by atoms with van der Waals surface area (Å²) in [7, 11) is 0. The Kier molecular flexibility index (Phi) is 16.1. The average Bonchev–Trinajstić information content (AvgIpc) is 1.48. The van der Waals surface area contributed by atoms with Crippen molar-refractivity contribution < 1.29 is 0 Å². The first kappa shape index (κ1) is 58.2. The lowest BCUT2D eigenvalue weighted by atomic mass is 9.68. The molecule has 0 N–H and O–H groups in total. The van der Waals surface area contributed by atoms with E-state index in [2.05, 4.69) is 317 Å². The molecule has 0 radical (unpaired) electrons. The molecule has 442 valence electrons. The summed E-state index contributed by atoms with van der Waals surface area (Å²) in [5.41, 5.74) is 22.5. The molecule has 1 aliphatic heterocycles. The Hall–Kier alpha value is -11.5. The molecule has 0 fully saturated rings. The minimum absolute atomic E-state index is 0.366. The fraction of sp³-hybridized carbons (Fsp3) is 0.0690. The summed E-state index contributed by atoms with van der Waals surface area (Å²) in [6.45, 7) is 11.0. The third-order valence-electron chi connectivity index (χ3n) is 18.0. The number of para-hydroxylation sites is 3. The van der Waals surface area contributed by atoms with Gasteiger partial charge in [0, 0.05) is 60.6 Å². The molecule has 0 saturated carbocycles. The third kappa shape index (κ3) is 11.0. The van der Waals surface area contributed by atoms with Gasteiger partial charge in [-0.1, -0.05) is 273 Å². The van der Waals surface area contributed by atoms with Gasteiger partial charge >= 0.3 is 0 Å². The van der Waals surface area contributed by atoms with Crippen LogP contribution in [0.5, 0.6) is 0 Å². The highest BCUT2D eigenvalue weighted by Gasteiger charge is 2.39. The van der Waals surface area contributed by atoms with E-state index in [-0.39, 0.29) is 5.41 Å². The molecule has 0 amide bonds. The largest absolute Gasteiger partial charge is 0.309 e. The highest BCUT2D eigenvalue weighted by Crippen LogP contribution is 2.51. The van der Waals surface area contributed by atoms with Gasteiger partial charge in [-0.25, -0.2) is 15.0 Å². The Labute approximate surface area is 539 Å². The van der Waals surface area contributed by atoms with Crippen molar-refractivity contribution in [3.8, 4) is 73.2 Å². The molecule has 5 nitrogen and oxygen atoms in total. The van der Waals surface area contributed by atoms with Crippen molar-refractivity contribution in [2.75, 3.05) is 0 Å². The molecule has 16 rings (SSSR count). The SMILES string of the molecule is C/C=C\C=C/C1=C(C)C(C)(c2ccccc2)c2cccc3c4cc(-c5nc(-c6cccc(-c7cccc(-c8ccccc8)c7)c6)nc(-c6ccc7c(c6)c6cccc(-c8ccccc8)c6n7-c6ccccc6C)n5)ccc4n1c23.Cc1ccccc1.c1ccccc1. The molecule has 3 aromatic heterocycles. The summed E-state index contributed by atoms with van der Waals surface area (Å²) in [5.74, 6) is 1.81. The first-order valence-electron chi connectivity index (χ1n) is 31.6. The highest BCUT2D eigenvalue weighted by molar-refractivity contribution is 6.16. The lowest BCUT2D eigenvalue weighted by Gasteiger charge is -2.38. The van der Waals surface area contributed by atoms with Gasteiger partial charge in [0.15, 0.2) is 17.5 Å². The molecule has 1 atom stereocenters. The van der Waals surface area contributed by atoms with Crippen LogP contribution in [0.4, 0.5) is 0 Å². The third-order valence-corrected chi connectivity index (χ3v) is 18.0. The van der Waals surface area contributed by atoms with E-state index < -0.39 is 0 Å². The van der Waals surface area contributed by atoms with Crippen LogP contribution in [0.2, 0.25) is 0 Å². The second kappa shape index (κ2) is 25.5. The monoisotopic (exact) mass is 1180 g/mol. The van der Waals surface area contributed by atoms with E-state index in [1.807, 2.05) is 54.6 Å². The van der Waals surface area contributed by atoms with Crippen LogP contribution in [0.15, 0.2) is 333 Å². The maximum absolute atomic E-state index is 5.48. The van der Waals surface area contributed by atoms with Gasteiger partial charge in [-0.3, -0.25) is 0 Å². The van der Waals surface area contributed by atoms with Crippen molar-refractivity contribution >= 4 is 49.3 Å². The molecule has 0 spiro atoms. The highest BCUT2D eigenvalue weighted by atomic mass is 15.0. The molecular weight excluding hydrogens is 1110 g/mol. The normalized spacial score (nSPS) is 13.6. The maximum Gasteiger partial charge on any atom is 0.164 e. The Morgan fingerprint density at radius 1 is 0.348 bits per heavy atom. The molecule has 12 aromatic carbocycles. The smallest absolute Gasteiger partial charge is 0.164 e. The number of allylic oxidation sites excluding steroid dienone is 6. The zero-order valence-corrected chi connectivity index (χ0v) is 52.4. The van der Waals surface area contributed by atoms with Gasteiger partial charge in [-0.15, -0.1) is 0 Å². The summed E-state index contributed by atoms with van der Waals surface area (Å²) in [4.78, 5) is 16.3. The molecular formula is C87H69N5. The topological polar surface area (TPSA) is 48.5 Å². The summed E-state index contributed by atoms with van der Waals surface area (Å²) in [5, 5.41) is 4.61. The lowest BCUT2D eigenvalue weighted by molar-refractivity contribution is 0.667. The second-order valence-corrected chi connectivity index (χ2v) is 23.7. The molecule has 1 aliphatic rings. The number of aromatic nitrogens is 5. The predicted molar refractivity (Wildman–Crippen MR) is 388 cm³/mol. The summed E-state index contributed by atoms with van der Waals surface area (Å²) in [6.07, 6.45) is 8.62. The van der Waals surface area contributed by atoms with E-state index in [9.17, 15) is 0 Å². The summed E-state index contributed by atoms with van der Waals surface area (Å²) in [6, 6.07) is 107. The van der Waals surface area contributed by atoms with Gasteiger partial charge in [0.1, 0.15) is 0 Å². The van der Waals surface area contributed by atoms with Gasteiger partial charge < -0.3 is 9.13 Å². The number of rotatable bonds is 10. The molecule has 0 saturated heterocycles. The van der Waals surface area contributed by atoms with Crippen LogP contribution in [0.3, 0.4) is 0 Å². The fourth-order valence-electron chi connectivity index (χ4n) is 13.2. The zero-order valence-electron chi connectivity index (χ0n) is 52.4. The fourth-order valence-corrected chi connectivity index (χ4v) is 13.2. The van der Waals surface area contributed by atoms with E-state index in [1.165, 1.54) is 66.7 Å². The van der Waals surface area contributed by atoms with Gasteiger partial charge in [-0.05, 0) is 145 Å². The van der Waals surface area contributed by atoms with E-state index in [1.54, 1.807) is 0 Å². The zero-order chi connectivity index (χ0) is 62.5. The lowest BCUT2D eigenvalue weighted by Crippen LogP contribution is -2.30. The van der Waals surface area contributed by atoms with Crippen molar-refractivity contribution in [1.29, 1.82) is 0 Å². The average molecular weight is 1180 g/mol. The van der Waals surface area contributed by atoms with Gasteiger partial charge in [0.2, 0.25) is 0 Å². The number of benzene rings is 12. The van der Waals surface area contributed by atoms with Crippen LogP contribution >= 0.6 is 0 Å². The van der Waals surface area contributed by atoms with E-state index >= 15 is 0 Å². The molecule has 1 unspecified atom stereocenters.